The lowest BCUT2D eigenvalue weighted by molar-refractivity contribution is -0.127. The van der Waals surface area contributed by atoms with Gasteiger partial charge in [0.1, 0.15) is 5.78 Å². The molecule has 0 aromatic carbocycles. The van der Waals surface area contributed by atoms with Crippen LogP contribution in [0.4, 0.5) is 0 Å². The molecule has 0 aromatic heterocycles. The summed E-state index contributed by atoms with van der Waals surface area (Å²) in [5.74, 6) is -0.278. The maximum Gasteiger partial charge on any atom is 0.227 e. The molecular weight excluding hydrogens is 194 g/mol. The highest BCUT2D eigenvalue weighted by Crippen LogP contribution is 2.14. The van der Waals surface area contributed by atoms with Gasteiger partial charge in [-0.2, -0.15) is 0 Å². The highest BCUT2D eigenvalue weighted by molar-refractivity contribution is 5.96. The van der Waals surface area contributed by atoms with Crippen molar-refractivity contribution in [3.8, 4) is 0 Å². The van der Waals surface area contributed by atoms with E-state index in [4.69, 9.17) is 4.74 Å². The van der Waals surface area contributed by atoms with Gasteiger partial charge in [0.25, 0.3) is 0 Å². The molecule has 1 fully saturated rings. The van der Waals surface area contributed by atoms with Crippen LogP contribution < -0.4 is 5.32 Å². The van der Waals surface area contributed by atoms with Crippen LogP contribution in [0.2, 0.25) is 0 Å². The van der Waals surface area contributed by atoms with Crippen molar-refractivity contribution in [3.05, 3.63) is 0 Å². The Morgan fingerprint density at radius 2 is 2.20 bits per heavy atom. The Kier molecular flexibility index (Phi) is 5.32. The van der Waals surface area contributed by atoms with Gasteiger partial charge in [0, 0.05) is 13.2 Å². The molecule has 1 aliphatic heterocycles. The van der Waals surface area contributed by atoms with Crippen LogP contribution in [0.1, 0.15) is 39.0 Å². The van der Waals surface area contributed by atoms with Crippen molar-refractivity contribution in [2.75, 3.05) is 13.2 Å². The molecule has 4 heteroatoms. The summed E-state index contributed by atoms with van der Waals surface area (Å²) < 4.78 is 5.52. The van der Waals surface area contributed by atoms with E-state index in [-0.39, 0.29) is 24.2 Å². The normalized spacial score (nSPS) is 21.0. The zero-order valence-electron chi connectivity index (χ0n) is 9.25. The Bertz CT molecular complexity index is 222. The van der Waals surface area contributed by atoms with Crippen LogP contribution in [0.3, 0.4) is 0 Å². The zero-order valence-corrected chi connectivity index (χ0v) is 9.25. The molecule has 15 heavy (non-hydrogen) atoms. The Hall–Kier alpha value is -0.900. The summed E-state index contributed by atoms with van der Waals surface area (Å²) in [6.07, 6.45) is 4.58. The second kappa shape index (κ2) is 6.56. The number of Topliss-reactive ketones (excluding diaryl/α,β-unsaturated/α-hetero) is 1. The molecule has 0 radical (unpaired) electrons. The highest BCUT2D eigenvalue weighted by Gasteiger charge is 2.13. The number of ether oxygens (including phenoxy) is 1. The molecule has 0 spiro atoms. The van der Waals surface area contributed by atoms with Crippen molar-refractivity contribution in [1.82, 2.24) is 5.32 Å². The summed E-state index contributed by atoms with van der Waals surface area (Å²) in [5.41, 5.74) is 0. The first-order valence-corrected chi connectivity index (χ1v) is 5.56. The van der Waals surface area contributed by atoms with E-state index in [2.05, 4.69) is 5.32 Å². The van der Waals surface area contributed by atoms with E-state index in [0.717, 1.165) is 25.9 Å². The second-order valence-corrected chi connectivity index (χ2v) is 4.01. The Labute approximate surface area is 90.4 Å². The first-order chi connectivity index (χ1) is 7.18. The number of ketones is 1. The smallest absolute Gasteiger partial charge is 0.227 e. The molecule has 1 aliphatic rings. The maximum absolute atomic E-state index is 11.1. The van der Waals surface area contributed by atoms with Gasteiger partial charge in [-0.05, 0) is 32.6 Å². The van der Waals surface area contributed by atoms with E-state index in [9.17, 15) is 9.59 Å². The number of rotatable bonds is 5. The number of carbonyl (C=O) groups is 2. The van der Waals surface area contributed by atoms with E-state index >= 15 is 0 Å². The SMILES string of the molecule is CC(=O)CC(=O)NCCC1CCCCO1. The van der Waals surface area contributed by atoms with Gasteiger partial charge in [0.2, 0.25) is 5.91 Å². The lowest BCUT2D eigenvalue weighted by Gasteiger charge is -2.22. The van der Waals surface area contributed by atoms with E-state index in [0.29, 0.717) is 6.54 Å². The monoisotopic (exact) mass is 213 g/mol. The Balaban J connectivity index is 2.04. The fraction of sp³-hybridized carbons (Fsp3) is 0.818. The predicted molar refractivity (Wildman–Crippen MR) is 56.5 cm³/mol. The van der Waals surface area contributed by atoms with Crippen LogP contribution >= 0.6 is 0 Å². The van der Waals surface area contributed by atoms with Gasteiger partial charge in [-0.25, -0.2) is 0 Å². The van der Waals surface area contributed by atoms with Crippen LogP contribution in [0.25, 0.3) is 0 Å². The summed E-state index contributed by atoms with van der Waals surface area (Å²) in [6.45, 7) is 2.87. The van der Waals surface area contributed by atoms with Crippen molar-refractivity contribution < 1.29 is 14.3 Å². The summed E-state index contributed by atoms with van der Waals surface area (Å²) in [4.78, 5) is 21.8. The third-order valence-electron chi connectivity index (χ3n) is 2.47. The standard InChI is InChI=1S/C11H19NO3/c1-9(13)8-11(14)12-6-5-10-4-2-3-7-15-10/h10H,2-8H2,1H3,(H,12,14). The van der Waals surface area contributed by atoms with Crippen LogP contribution in [0, 0.1) is 0 Å². The van der Waals surface area contributed by atoms with E-state index < -0.39 is 0 Å². The molecule has 0 saturated carbocycles. The van der Waals surface area contributed by atoms with Gasteiger partial charge in [-0.15, -0.1) is 0 Å². The first-order valence-electron chi connectivity index (χ1n) is 5.56. The van der Waals surface area contributed by atoms with Crippen LogP contribution in [-0.2, 0) is 14.3 Å². The molecule has 1 N–H and O–H groups in total. The molecular formula is C11H19NO3. The summed E-state index contributed by atoms with van der Waals surface area (Å²) in [5, 5.41) is 2.72. The van der Waals surface area contributed by atoms with Crippen molar-refractivity contribution in [2.24, 2.45) is 0 Å². The van der Waals surface area contributed by atoms with Gasteiger partial charge >= 0.3 is 0 Å². The van der Waals surface area contributed by atoms with E-state index in [1.165, 1.54) is 13.3 Å². The molecule has 1 amide bonds. The number of hydrogen-bond acceptors (Lipinski definition) is 3. The average molecular weight is 213 g/mol. The molecule has 1 atom stereocenters. The minimum atomic E-state index is -0.182. The second-order valence-electron chi connectivity index (χ2n) is 4.01. The molecule has 1 rings (SSSR count). The summed E-state index contributed by atoms with van der Waals surface area (Å²) in [6, 6.07) is 0. The molecule has 0 aromatic rings. The lowest BCUT2D eigenvalue weighted by atomic mass is 10.1. The number of hydrogen-bond donors (Lipinski definition) is 1. The fourth-order valence-corrected chi connectivity index (χ4v) is 1.70. The van der Waals surface area contributed by atoms with Crippen LogP contribution in [-0.4, -0.2) is 30.9 Å². The highest BCUT2D eigenvalue weighted by atomic mass is 16.5. The van der Waals surface area contributed by atoms with Gasteiger partial charge < -0.3 is 10.1 Å². The molecule has 0 aliphatic carbocycles. The van der Waals surface area contributed by atoms with Gasteiger partial charge in [-0.1, -0.05) is 0 Å². The molecule has 86 valence electrons. The van der Waals surface area contributed by atoms with Crippen molar-refractivity contribution in [2.45, 2.75) is 45.1 Å². The summed E-state index contributed by atoms with van der Waals surface area (Å²) >= 11 is 0. The minimum absolute atomic E-state index is 0.00841. The zero-order chi connectivity index (χ0) is 11.1. The van der Waals surface area contributed by atoms with Crippen molar-refractivity contribution in [1.29, 1.82) is 0 Å². The largest absolute Gasteiger partial charge is 0.378 e. The lowest BCUT2D eigenvalue weighted by Crippen LogP contribution is -2.30. The van der Waals surface area contributed by atoms with E-state index in [1.807, 2.05) is 0 Å². The minimum Gasteiger partial charge on any atom is -0.378 e. The third-order valence-corrected chi connectivity index (χ3v) is 2.47. The van der Waals surface area contributed by atoms with Crippen molar-refractivity contribution >= 4 is 11.7 Å². The maximum atomic E-state index is 11.1. The molecule has 1 unspecified atom stereocenters. The number of nitrogens with one attached hydrogen (secondary N) is 1. The van der Waals surface area contributed by atoms with Crippen molar-refractivity contribution in [3.63, 3.8) is 0 Å². The summed E-state index contributed by atoms with van der Waals surface area (Å²) in [7, 11) is 0. The van der Waals surface area contributed by atoms with E-state index in [1.54, 1.807) is 0 Å². The van der Waals surface area contributed by atoms with Gasteiger partial charge in [0.05, 0.1) is 12.5 Å². The van der Waals surface area contributed by atoms with Crippen LogP contribution in [0.15, 0.2) is 0 Å². The van der Waals surface area contributed by atoms with Crippen LogP contribution in [0.5, 0.6) is 0 Å². The van der Waals surface area contributed by atoms with Gasteiger partial charge in [-0.3, -0.25) is 9.59 Å². The molecule has 1 heterocycles. The Morgan fingerprint density at radius 3 is 2.80 bits per heavy atom. The molecule has 1 saturated heterocycles. The Morgan fingerprint density at radius 1 is 1.40 bits per heavy atom. The fourth-order valence-electron chi connectivity index (χ4n) is 1.70. The molecule has 4 nitrogen and oxygen atoms in total. The molecule has 0 bridgehead atoms. The predicted octanol–water partition coefficient (Wildman–Crippen LogP) is 1.04. The quantitative estimate of drug-likeness (QED) is 0.694. The third kappa shape index (κ3) is 5.52. The van der Waals surface area contributed by atoms with Gasteiger partial charge in [0.15, 0.2) is 0 Å². The number of carbonyl (C=O) groups excluding carboxylic acids is 2. The first kappa shape index (κ1) is 12.2. The number of amides is 1. The average Bonchev–Trinajstić information content (AvgIpc) is 2.18. The topological polar surface area (TPSA) is 55.4 Å².